The van der Waals surface area contributed by atoms with Crippen molar-refractivity contribution in [2.45, 2.75) is 13.0 Å². The van der Waals surface area contributed by atoms with Crippen LogP contribution in [-0.4, -0.2) is 11.7 Å². The van der Waals surface area contributed by atoms with Gasteiger partial charge in [-0.25, -0.2) is 0 Å². The molecular formula is C17H17NO2. The average Bonchev–Trinajstić information content (AvgIpc) is 2.90. The Morgan fingerprint density at radius 3 is 2.55 bits per heavy atom. The molecule has 0 amide bonds. The van der Waals surface area contributed by atoms with Gasteiger partial charge in [0.2, 0.25) is 0 Å². The molecule has 102 valence electrons. The van der Waals surface area contributed by atoms with E-state index >= 15 is 0 Å². The second kappa shape index (κ2) is 5.80. The van der Waals surface area contributed by atoms with Gasteiger partial charge in [0, 0.05) is 17.7 Å². The highest BCUT2D eigenvalue weighted by atomic mass is 16.3. The summed E-state index contributed by atoms with van der Waals surface area (Å²) in [5, 5.41) is 13.3. The van der Waals surface area contributed by atoms with Crippen molar-refractivity contribution in [1.82, 2.24) is 0 Å². The first-order valence-electron chi connectivity index (χ1n) is 6.76. The van der Waals surface area contributed by atoms with Gasteiger partial charge >= 0.3 is 0 Å². The lowest BCUT2D eigenvalue weighted by Gasteiger charge is -2.05. The Bertz CT molecular complexity index is 653. The highest BCUT2D eigenvalue weighted by Gasteiger charge is 2.02. The minimum atomic E-state index is 0.186. The summed E-state index contributed by atoms with van der Waals surface area (Å²) >= 11 is 0. The zero-order chi connectivity index (χ0) is 13.8. The van der Waals surface area contributed by atoms with E-state index in [2.05, 4.69) is 11.4 Å². The number of nitrogens with one attached hydrogen (secondary N) is 1. The van der Waals surface area contributed by atoms with E-state index in [4.69, 9.17) is 9.52 Å². The Morgan fingerprint density at radius 1 is 1.00 bits per heavy atom. The zero-order valence-electron chi connectivity index (χ0n) is 11.2. The van der Waals surface area contributed by atoms with Gasteiger partial charge < -0.3 is 14.8 Å². The zero-order valence-corrected chi connectivity index (χ0v) is 11.2. The predicted molar refractivity (Wildman–Crippen MR) is 80.8 cm³/mol. The maximum atomic E-state index is 8.88. The third-order valence-corrected chi connectivity index (χ3v) is 3.30. The standard InChI is InChI=1S/C17H17NO2/c19-10-9-13-5-7-15(8-6-13)18-12-16-11-14-3-1-2-4-17(14)20-16/h1-8,11,18-19H,9-10,12H2. The summed E-state index contributed by atoms with van der Waals surface area (Å²) in [7, 11) is 0. The number of hydrogen-bond donors (Lipinski definition) is 2. The third-order valence-electron chi connectivity index (χ3n) is 3.30. The molecule has 1 aromatic heterocycles. The molecule has 0 spiro atoms. The summed E-state index contributed by atoms with van der Waals surface area (Å²) in [5.74, 6) is 0.922. The number of rotatable bonds is 5. The smallest absolute Gasteiger partial charge is 0.134 e. The van der Waals surface area contributed by atoms with Crippen LogP contribution in [0.25, 0.3) is 11.0 Å². The second-order valence-corrected chi connectivity index (χ2v) is 4.77. The summed E-state index contributed by atoms with van der Waals surface area (Å²) in [6.07, 6.45) is 0.698. The van der Waals surface area contributed by atoms with Crippen LogP contribution in [0.5, 0.6) is 0 Å². The molecule has 0 radical (unpaired) electrons. The van der Waals surface area contributed by atoms with Gasteiger partial charge in [-0.05, 0) is 36.2 Å². The number of fused-ring (bicyclic) bond motifs is 1. The Balaban J connectivity index is 1.66. The molecule has 0 fully saturated rings. The van der Waals surface area contributed by atoms with Crippen LogP contribution in [0.4, 0.5) is 5.69 Å². The topological polar surface area (TPSA) is 45.4 Å². The van der Waals surface area contributed by atoms with Crippen molar-refractivity contribution in [3.63, 3.8) is 0 Å². The molecule has 2 N–H and O–H groups in total. The van der Waals surface area contributed by atoms with E-state index in [0.29, 0.717) is 13.0 Å². The molecule has 0 saturated heterocycles. The summed E-state index contributed by atoms with van der Waals surface area (Å²) in [4.78, 5) is 0. The van der Waals surface area contributed by atoms with Crippen LogP contribution in [0.2, 0.25) is 0 Å². The lowest BCUT2D eigenvalue weighted by Crippen LogP contribution is -1.98. The highest BCUT2D eigenvalue weighted by molar-refractivity contribution is 5.77. The van der Waals surface area contributed by atoms with E-state index < -0.39 is 0 Å². The number of anilines is 1. The van der Waals surface area contributed by atoms with E-state index in [1.54, 1.807) is 0 Å². The van der Waals surface area contributed by atoms with Crippen LogP contribution < -0.4 is 5.32 Å². The fourth-order valence-electron chi connectivity index (χ4n) is 2.23. The molecule has 20 heavy (non-hydrogen) atoms. The maximum absolute atomic E-state index is 8.88. The Morgan fingerprint density at radius 2 is 1.80 bits per heavy atom. The van der Waals surface area contributed by atoms with Crippen LogP contribution in [0.1, 0.15) is 11.3 Å². The van der Waals surface area contributed by atoms with E-state index in [1.807, 2.05) is 48.5 Å². The minimum absolute atomic E-state index is 0.186. The fraction of sp³-hybridized carbons (Fsp3) is 0.176. The van der Waals surface area contributed by atoms with Crippen LogP contribution in [-0.2, 0) is 13.0 Å². The number of hydrogen-bond acceptors (Lipinski definition) is 3. The van der Waals surface area contributed by atoms with E-state index in [9.17, 15) is 0 Å². The molecule has 0 aliphatic rings. The van der Waals surface area contributed by atoms with E-state index in [-0.39, 0.29) is 6.61 Å². The minimum Gasteiger partial charge on any atom is -0.459 e. The van der Waals surface area contributed by atoms with Gasteiger partial charge in [0.05, 0.1) is 6.54 Å². The second-order valence-electron chi connectivity index (χ2n) is 4.77. The van der Waals surface area contributed by atoms with E-state index in [0.717, 1.165) is 28.0 Å². The van der Waals surface area contributed by atoms with Crippen molar-refractivity contribution in [2.24, 2.45) is 0 Å². The first-order chi connectivity index (χ1) is 9.85. The van der Waals surface area contributed by atoms with Gasteiger partial charge in [-0.15, -0.1) is 0 Å². The molecule has 2 aromatic carbocycles. The number of para-hydroxylation sites is 1. The summed E-state index contributed by atoms with van der Waals surface area (Å²) in [5.41, 5.74) is 3.11. The van der Waals surface area contributed by atoms with Crippen molar-refractivity contribution in [1.29, 1.82) is 0 Å². The first kappa shape index (κ1) is 12.8. The molecular weight excluding hydrogens is 250 g/mol. The molecule has 1 heterocycles. The van der Waals surface area contributed by atoms with Crippen molar-refractivity contribution in [3.8, 4) is 0 Å². The predicted octanol–water partition coefficient (Wildman–Crippen LogP) is 3.58. The number of furan rings is 1. The summed E-state index contributed by atoms with van der Waals surface area (Å²) in [6, 6.07) is 18.2. The van der Waals surface area contributed by atoms with Gasteiger partial charge in [0.1, 0.15) is 11.3 Å². The molecule has 3 nitrogen and oxygen atoms in total. The van der Waals surface area contributed by atoms with Gasteiger partial charge in [0.25, 0.3) is 0 Å². The van der Waals surface area contributed by atoms with Gasteiger partial charge in [-0.3, -0.25) is 0 Å². The van der Waals surface area contributed by atoms with Crippen molar-refractivity contribution >= 4 is 16.7 Å². The normalized spacial score (nSPS) is 10.8. The summed E-state index contributed by atoms with van der Waals surface area (Å²) in [6.45, 7) is 0.847. The first-order valence-corrected chi connectivity index (χ1v) is 6.76. The van der Waals surface area contributed by atoms with Crippen LogP contribution >= 0.6 is 0 Å². The third kappa shape index (κ3) is 2.83. The fourth-order valence-corrected chi connectivity index (χ4v) is 2.23. The Labute approximate surface area is 117 Å². The van der Waals surface area contributed by atoms with Crippen molar-refractivity contribution in [3.05, 3.63) is 65.9 Å². The molecule has 0 atom stereocenters. The molecule has 0 bridgehead atoms. The summed E-state index contributed by atoms with van der Waals surface area (Å²) < 4.78 is 5.76. The van der Waals surface area contributed by atoms with Gasteiger partial charge in [-0.2, -0.15) is 0 Å². The number of aliphatic hydroxyl groups excluding tert-OH is 1. The van der Waals surface area contributed by atoms with Crippen LogP contribution in [0, 0.1) is 0 Å². The largest absolute Gasteiger partial charge is 0.459 e. The van der Waals surface area contributed by atoms with Gasteiger partial charge in [0.15, 0.2) is 0 Å². The van der Waals surface area contributed by atoms with Crippen molar-refractivity contribution in [2.75, 3.05) is 11.9 Å². The maximum Gasteiger partial charge on any atom is 0.134 e. The SMILES string of the molecule is OCCc1ccc(NCc2cc3ccccc3o2)cc1. The molecule has 0 aliphatic heterocycles. The van der Waals surface area contributed by atoms with Crippen LogP contribution in [0.15, 0.2) is 59.0 Å². The lowest BCUT2D eigenvalue weighted by atomic mass is 10.1. The van der Waals surface area contributed by atoms with Crippen LogP contribution in [0.3, 0.4) is 0 Å². The van der Waals surface area contributed by atoms with E-state index in [1.165, 1.54) is 0 Å². The number of benzene rings is 2. The molecule has 0 aliphatic carbocycles. The van der Waals surface area contributed by atoms with Crippen molar-refractivity contribution < 1.29 is 9.52 Å². The molecule has 3 aromatic rings. The Hall–Kier alpha value is -2.26. The lowest BCUT2D eigenvalue weighted by molar-refractivity contribution is 0.299. The average molecular weight is 267 g/mol. The monoisotopic (exact) mass is 267 g/mol. The van der Waals surface area contributed by atoms with Gasteiger partial charge in [-0.1, -0.05) is 30.3 Å². The Kier molecular flexibility index (Phi) is 3.70. The molecule has 0 unspecified atom stereocenters. The quantitative estimate of drug-likeness (QED) is 0.742. The molecule has 3 rings (SSSR count). The molecule has 0 saturated carbocycles. The highest BCUT2D eigenvalue weighted by Crippen LogP contribution is 2.20. The molecule has 3 heteroatoms. The number of aliphatic hydroxyl groups is 1.